The van der Waals surface area contributed by atoms with E-state index in [4.69, 9.17) is 24.5 Å². The van der Waals surface area contributed by atoms with Crippen LogP contribution in [0.2, 0.25) is 0 Å². The van der Waals surface area contributed by atoms with E-state index in [0.29, 0.717) is 24.3 Å². The second kappa shape index (κ2) is 4.25. The summed E-state index contributed by atoms with van der Waals surface area (Å²) < 4.78 is 5.49. The van der Waals surface area contributed by atoms with Gasteiger partial charge < -0.3 is 20.1 Å². The molecular weight excluding hydrogens is 230 g/mol. The van der Waals surface area contributed by atoms with Crippen molar-refractivity contribution in [3.8, 4) is 0 Å². The van der Waals surface area contributed by atoms with E-state index in [0.717, 1.165) is 12.8 Å². The number of aliphatic hydroxyl groups excluding tert-OH is 1. The van der Waals surface area contributed by atoms with Crippen molar-refractivity contribution in [1.82, 2.24) is 4.90 Å². The minimum atomic E-state index is -1.82. The van der Waals surface area contributed by atoms with Crippen molar-refractivity contribution in [1.29, 1.82) is 0 Å². The number of carboxylic acid groups (broad SMARTS) is 2. The molecule has 0 radical (unpaired) electrons. The minimum Gasteiger partial charge on any atom is -0.473 e. The number of hydrogen-bond acceptors (Lipinski definition) is 5. The number of piperidine rings is 1. The zero-order chi connectivity index (χ0) is 12.7. The number of ether oxygens (including phenoxy) is 1. The molecule has 7 heteroatoms. The highest BCUT2D eigenvalue weighted by molar-refractivity contribution is 6.27. The zero-order valence-corrected chi connectivity index (χ0v) is 9.31. The molecule has 3 saturated heterocycles. The fourth-order valence-electron chi connectivity index (χ4n) is 2.72. The molecule has 0 spiro atoms. The van der Waals surface area contributed by atoms with Crippen LogP contribution < -0.4 is 0 Å². The fraction of sp³-hybridized carbons (Fsp3) is 0.800. The Morgan fingerprint density at radius 3 is 1.88 bits per heavy atom. The summed E-state index contributed by atoms with van der Waals surface area (Å²) in [5.41, 5.74) is 0. The number of carbonyl (C=O) groups is 2. The molecule has 3 heterocycles. The number of fused-ring (bicyclic) bond motifs is 5. The van der Waals surface area contributed by atoms with Crippen molar-refractivity contribution < 1.29 is 29.6 Å². The number of aliphatic carboxylic acids is 2. The van der Waals surface area contributed by atoms with Gasteiger partial charge in [0.25, 0.3) is 0 Å². The van der Waals surface area contributed by atoms with Crippen LogP contribution in [0, 0.1) is 0 Å². The molecule has 2 bridgehead atoms. The van der Waals surface area contributed by atoms with Crippen LogP contribution in [0.15, 0.2) is 0 Å². The third-order valence-corrected chi connectivity index (χ3v) is 3.58. The smallest absolute Gasteiger partial charge is 0.414 e. The molecule has 0 aromatic rings. The Bertz CT molecular complexity index is 316. The first-order chi connectivity index (χ1) is 7.91. The minimum absolute atomic E-state index is 0.0717. The number of rotatable bonds is 0. The van der Waals surface area contributed by atoms with E-state index in [1.54, 1.807) is 0 Å². The Kier molecular flexibility index (Phi) is 3.07. The molecule has 3 aliphatic rings. The van der Waals surface area contributed by atoms with Crippen molar-refractivity contribution in [2.45, 2.75) is 43.2 Å². The molecule has 3 rings (SSSR count). The summed E-state index contributed by atoms with van der Waals surface area (Å²) in [6.45, 7) is 0. The second-order valence-corrected chi connectivity index (χ2v) is 4.60. The molecule has 3 fully saturated rings. The topological polar surface area (TPSA) is 111 Å². The summed E-state index contributed by atoms with van der Waals surface area (Å²) in [6.07, 6.45) is 2.67. The van der Waals surface area contributed by atoms with Crippen molar-refractivity contribution in [2.75, 3.05) is 7.05 Å². The molecular formula is C10H15NO6. The fourth-order valence-corrected chi connectivity index (χ4v) is 2.72. The molecule has 0 saturated carbocycles. The van der Waals surface area contributed by atoms with Gasteiger partial charge in [0.05, 0.1) is 6.10 Å². The van der Waals surface area contributed by atoms with E-state index >= 15 is 0 Å². The number of epoxide rings is 1. The second-order valence-electron chi connectivity index (χ2n) is 4.60. The third-order valence-electron chi connectivity index (χ3n) is 3.58. The highest BCUT2D eigenvalue weighted by Gasteiger charge is 2.62. The van der Waals surface area contributed by atoms with Crippen molar-refractivity contribution in [3.05, 3.63) is 0 Å². The van der Waals surface area contributed by atoms with Gasteiger partial charge in [-0.1, -0.05) is 0 Å². The molecule has 0 amide bonds. The predicted octanol–water partition coefficient (Wildman–Crippen LogP) is -1.25. The lowest BCUT2D eigenvalue weighted by Gasteiger charge is -2.36. The number of morpholine rings is 1. The van der Waals surface area contributed by atoms with E-state index in [2.05, 4.69) is 11.9 Å². The van der Waals surface area contributed by atoms with Crippen LogP contribution in [0.3, 0.4) is 0 Å². The lowest BCUT2D eigenvalue weighted by Crippen LogP contribution is -2.46. The van der Waals surface area contributed by atoms with Gasteiger partial charge >= 0.3 is 11.9 Å². The first kappa shape index (κ1) is 12.3. The lowest BCUT2D eigenvalue weighted by molar-refractivity contribution is -0.159. The summed E-state index contributed by atoms with van der Waals surface area (Å²) in [7, 11) is 2.15. The number of nitrogens with zero attached hydrogens (tertiary/aromatic N) is 1. The summed E-state index contributed by atoms with van der Waals surface area (Å²) in [5, 5.41) is 24.2. The van der Waals surface area contributed by atoms with Gasteiger partial charge in [-0.05, 0) is 19.9 Å². The standard InChI is InChI=1S/C8H13NO2.C2H2O4/c1-9-5-2-4(10)3-6(9)8-7(5)11-8;3-1(4)2(5)6/h4-8,10H,2-3H2,1H3;(H,3,4)(H,5,6)/t4?,5-,6+,7-,8+;. The molecule has 7 nitrogen and oxygen atoms in total. The van der Waals surface area contributed by atoms with E-state index in [1.807, 2.05) is 0 Å². The SMILES string of the molecule is CN1[C@@H]2CC(O)C[C@H]1[C@@H]1O[C@@H]12.O=C(O)C(=O)O. The average molecular weight is 245 g/mol. The van der Waals surface area contributed by atoms with Gasteiger partial charge in [-0.2, -0.15) is 0 Å². The molecule has 3 N–H and O–H groups in total. The summed E-state index contributed by atoms with van der Waals surface area (Å²) in [4.78, 5) is 20.6. The monoisotopic (exact) mass is 245 g/mol. The van der Waals surface area contributed by atoms with Crippen molar-refractivity contribution in [2.24, 2.45) is 0 Å². The van der Waals surface area contributed by atoms with Gasteiger partial charge in [0.1, 0.15) is 12.2 Å². The van der Waals surface area contributed by atoms with Crippen LogP contribution in [0.1, 0.15) is 12.8 Å². The lowest BCUT2D eigenvalue weighted by atomic mass is 10.00. The quantitative estimate of drug-likeness (QED) is 0.361. The Balaban J connectivity index is 0.000000157. The third kappa shape index (κ3) is 2.26. The van der Waals surface area contributed by atoms with Crippen LogP contribution in [0.25, 0.3) is 0 Å². The Morgan fingerprint density at radius 2 is 1.53 bits per heavy atom. The highest BCUT2D eigenvalue weighted by atomic mass is 16.6. The Morgan fingerprint density at radius 1 is 1.12 bits per heavy atom. The van der Waals surface area contributed by atoms with Gasteiger partial charge in [-0.3, -0.25) is 4.90 Å². The van der Waals surface area contributed by atoms with Crippen LogP contribution in [0.4, 0.5) is 0 Å². The van der Waals surface area contributed by atoms with E-state index < -0.39 is 11.9 Å². The molecule has 17 heavy (non-hydrogen) atoms. The largest absolute Gasteiger partial charge is 0.473 e. The van der Waals surface area contributed by atoms with E-state index in [-0.39, 0.29) is 6.10 Å². The highest BCUT2D eigenvalue weighted by Crippen LogP contribution is 2.47. The van der Waals surface area contributed by atoms with Crippen molar-refractivity contribution in [3.63, 3.8) is 0 Å². The summed E-state index contributed by atoms with van der Waals surface area (Å²) >= 11 is 0. The molecule has 3 aliphatic heterocycles. The number of likely N-dealkylation sites (N-methyl/N-ethyl adjacent to an activating group) is 1. The van der Waals surface area contributed by atoms with Gasteiger partial charge in [-0.25, -0.2) is 9.59 Å². The summed E-state index contributed by atoms with van der Waals surface area (Å²) in [6, 6.07) is 1.02. The number of aliphatic hydroxyl groups is 1. The summed E-state index contributed by atoms with van der Waals surface area (Å²) in [5.74, 6) is -3.65. The zero-order valence-electron chi connectivity index (χ0n) is 9.31. The van der Waals surface area contributed by atoms with Gasteiger partial charge in [-0.15, -0.1) is 0 Å². The predicted molar refractivity (Wildman–Crippen MR) is 54.5 cm³/mol. The Hall–Kier alpha value is -1.18. The normalized spacial score (nSPS) is 42.1. The van der Waals surface area contributed by atoms with E-state index in [9.17, 15) is 5.11 Å². The molecule has 5 atom stereocenters. The van der Waals surface area contributed by atoms with Crippen molar-refractivity contribution >= 4 is 11.9 Å². The Labute approximate surface area is 97.6 Å². The average Bonchev–Trinajstić information content (AvgIpc) is 2.97. The maximum Gasteiger partial charge on any atom is 0.414 e. The van der Waals surface area contributed by atoms with Gasteiger partial charge in [0, 0.05) is 12.1 Å². The van der Waals surface area contributed by atoms with Crippen LogP contribution in [0.5, 0.6) is 0 Å². The van der Waals surface area contributed by atoms with Gasteiger partial charge in [0.2, 0.25) is 0 Å². The number of hydrogen-bond donors (Lipinski definition) is 3. The molecule has 0 aliphatic carbocycles. The first-order valence-corrected chi connectivity index (χ1v) is 5.43. The maximum atomic E-state index is 9.46. The van der Waals surface area contributed by atoms with E-state index in [1.165, 1.54) is 0 Å². The maximum absolute atomic E-state index is 9.46. The molecule has 1 unspecified atom stereocenters. The molecule has 96 valence electrons. The molecule has 0 aromatic heterocycles. The van der Waals surface area contributed by atoms with Gasteiger partial charge in [0.15, 0.2) is 0 Å². The van der Waals surface area contributed by atoms with Crippen LogP contribution in [-0.4, -0.2) is 69.6 Å². The van der Waals surface area contributed by atoms with Crippen LogP contribution >= 0.6 is 0 Å². The van der Waals surface area contributed by atoms with Crippen LogP contribution in [-0.2, 0) is 14.3 Å². The molecule has 0 aromatic carbocycles. The first-order valence-electron chi connectivity index (χ1n) is 5.43. The number of carboxylic acids is 2.